The Bertz CT molecular complexity index is 435. The lowest BCUT2D eigenvalue weighted by atomic mass is 10.1. The van der Waals surface area contributed by atoms with Crippen molar-refractivity contribution in [2.75, 3.05) is 18.1 Å². The largest absolute Gasteiger partial charge is 0.375 e. The van der Waals surface area contributed by atoms with Crippen molar-refractivity contribution in [1.29, 1.82) is 0 Å². The molecule has 5 heteroatoms. The summed E-state index contributed by atoms with van der Waals surface area (Å²) < 4.78 is 5.66. The van der Waals surface area contributed by atoms with Crippen molar-refractivity contribution in [1.82, 2.24) is 9.97 Å². The number of rotatable bonds is 3. The Morgan fingerprint density at radius 2 is 2.21 bits per heavy atom. The van der Waals surface area contributed by atoms with Gasteiger partial charge in [0.15, 0.2) is 0 Å². The number of nitrogens with two attached hydrogens (primary N) is 1. The number of anilines is 1. The molecule has 2 heterocycles. The van der Waals surface area contributed by atoms with Gasteiger partial charge in [-0.1, -0.05) is 13.8 Å². The fourth-order valence-corrected chi connectivity index (χ4v) is 2.33. The molecule has 2 N–H and O–H groups in total. The predicted octanol–water partition coefficient (Wildman–Crippen LogP) is 1.67. The maximum Gasteiger partial charge on any atom is 0.131 e. The van der Waals surface area contributed by atoms with Gasteiger partial charge in [-0.05, 0) is 13.8 Å². The molecular formula is C14H24N4O. The van der Waals surface area contributed by atoms with Crippen LogP contribution in [0.5, 0.6) is 0 Å². The molecule has 0 amide bonds. The monoisotopic (exact) mass is 264 g/mol. The number of hydrogen-bond donors (Lipinski definition) is 1. The van der Waals surface area contributed by atoms with E-state index in [1.165, 1.54) is 0 Å². The lowest BCUT2D eigenvalue weighted by Gasteiger charge is -2.39. The summed E-state index contributed by atoms with van der Waals surface area (Å²) >= 11 is 0. The topological polar surface area (TPSA) is 64.3 Å². The van der Waals surface area contributed by atoms with Gasteiger partial charge in [0.1, 0.15) is 5.82 Å². The molecule has 0 radical (unpaired) electrons. The van der Waals surface area contributed by atoms with Gasteiger partial charge in [0.05, 0.1) is 30.3 Å². The van der Waals surface area contributed by atoms with E-state index in [9.17, 15) is 0 Å². The minimum absolute atomic E-state index is 0.228. The average molecular weight is 264 g/mol. The quantitative estimate of drug-likeness (QED) is 0.899. The smallest absolute Gasteiger partial charge is 0.131 e. The van der Waals surface area contributed by atoms with Gasteiger partial charge in [0.25, 0.3) is 0 Å². The van der Waals surface area contributed by atoms with Crippen LogP contribution < -0.4 is 10.6 Å². The van der Waals surface area contributed by atoms with Crippen molar-refractivity contribution >= 4 is 5.69 Å². The van der Waals surface area contributed by atoms with E-state index in [0.717, 1.165) is 30.4 Å². The highest BCUT2D eigenvalue weighted by atomic mass is 16.5. The number of nitrogens with zero attached hydrogens (tertiary/aromatic N) is 3. The third-order valence-corrected chi connectivity index (χ3v) is 3.49. The van der Waals surface area contributed by atoms with Gasteiger partial charge in [-0.25, -0.2) is 9.97 Å². The lowest BCUT2D eigenvalue weighted by Crippen LogP contribution is -2.48. The third-order valence-electron chi connectivity index (χ3n) is 3.49. The molecule has 0 aliphatic carbocycles. The molecule has 106 valence electrons. The Morgan fingerprint density at radius 3 is 2.84 bits per heavy atom. The van der Waals surface area contributed by atoms with Crippen molar-refractivity contribution in [3.05, 3.63) is 17.7 Å². The number of hydrogen-bond acceptors (Lipinski definition) is 5. The van der Waals surface area contributed by atoms with Gasteiger partial charge >= 0.3 is 0 Å². The van der Waals surface area contributed by atoms with Gasteiger partial charge < -0.3 is 15.4 Å². The fourth-order valence-electron chi connectivity index (χ4n) is 2.33. The zero-order chi connectivity index (χ0) is 14.0. The second-order valence-corrected chi connectivity index (χ2v) is 5.56. The highest BCUT2D eigenvalue weighted by molar-refractivity contribution is 5.50. The second kappa shape index (κ2) is 5.84. The van der Waals surface area contributed by atoms with E-state index < -0.39 is 0 Å². The van der Waals surface area contributed by atoms with Crippen LogP contribution in [0.4, 0.5) is 5.69 Å². The number of ether oxygens (including phenoxy) is 1. The summed E-state index contributed by atoms with van der Waals surface area (Å²) in [6.45, 7) is 10.5. The molecule has 1 aliphatic rings. The molecular weight excluding hydrogens is 240 g/mol. The van der Waals surface area contributed by atoms with E-state index in [0.29, 0.717) is 18.5 Å². The summed E-state index contributed by atoms with van der Waals surface area (Å²) in [7, 11) is 0. The maximum absolute atomic E-state index is 5.86. The molecule has 5 nitrogen and oxygen atoms in total. The van der Waals surface area contributed by atoms with Crippen molar-refractivity contribution in [3.63, 3.8) is 0 Å². The molecule has 0 saturated carbocycles. The fraction of sp³-hybridized carbons (Fsp3) is 0.714. The zero-order valence-corrected chi connectivity index (χ0v) is 12.3. The SMILES string of the molecule is CC1CN(c2cnc(C(C)C)nc2CN)C(C)CO1. The van der Waals surface area contributed by atoms with Crippen molar-refractivity contribution in [2.45, 2.75) is 52.3 Å². The first-order valence-corrected chi connectivity index (χ1v) is 6.97. The summed E-state index contributed by atoms with van der Waals surface area (Å²) in [5.41, 5.74) is 7.84. The summed E-state index contributed by atoms with van der Waals surface area (Å²) in [6, 6.07) is 0.329. The molecule has 2 rings (SSSR count). The van der Waals surface area contributed by atoms with E-state index in [1.54, 1.807) is 0 Å². The van der Waals surface area contributed by atoms with E-state index in [1.807, 2.05) is 6.20 Å². The highest BCUT2D eigenvalue weighted by Gasteiger charge is 2.26. The van der Waals surface area contributed by atoms with Gasteiger partial charge in [-0.2, -0.15) is 0 Å². The van der Waals surface area contributed by atoms with Crippen LogP contribution in [0.25, 0.3) is 0 Å². The molecule has 19 heavy (non-hydrogen) atoms. The Morgan fingerprint density at radius 1 is 1.47 bits per heavy atom. The molecule has 0 spiro atoms. The van der Waals surface area contributed by atoms with Gasteiger partial charge in [0, 0.05) is 25.0 Å². The summed E-state index contributed by atoms with van der Waals surface area (Å²) in [6.07, 6.45) is 2.14. The van der Waals surface area contributed by atoms with E-state index in [-0.39, 0.29) is 6.10 Å². The summed E-state index contributed by atoms with van der Waals surface area (Å²) in [5.74, 6) is 1.18. The van der Waals surface area contributed by atoms with E-state index >= 15 is 0 Å². The van der Waals surface area contributed by atoms with Crippen LogP contribution in [0, 0.1) is 0 Å². The van der Waals surface area contributed by atoms with Crippen LogP contribution >= 0.6 is 0 Å². The average Bonchev–Trinajstić information content (AvgIpc) is 2.40. The van der Waals surface area contributed by atoms with Crippen molar-refractivity contribution in [3.8, 4) is 0 Å². The molecule has 2 unspecified atom stereocenters. The minimum Gasteiger partial charge on any atom is -0.375 e. The number of morpholine rings is 1. The molecule has 1 aromatic heterocycles. The Balaban J connectivity index is 2.32. The molecule has 2 atom stereocenters. The molecule has 0 bridgehead atoms. The molecule has 1 aliphatic heterocycles. The van der Waals surface area contributed by atoms with Crippen LogP contribution in [0.2, 0.25) is 0 Å². The highest BCUT2D eigenvalue weighted by Crippen LogP contribution is 2.25. The van der Waals surface area contributed by atoms with Crippen molar-refractivity contribution in [2.24, 2.45) is 5.73 Å². The molecule has 0 aromatic carbocycles. The van der Waals surface area contributed by atoms with Gasteiger partial charge in [-0.15, -0.1) is 0 Å². The minimum atomic E-state index is 0.228. The Labute approximate surface area is 115 Å². The third kappa shape index (κ3) is 3.04. The summed E-state index contributed by atoms with van der Waals surface area (Å²) in [4.78, 5) is 11.4. The second-order valence-electron chi connectivity index (χ2n) is 5.56. The summed E-state index contributed by atoms with van der Waals surface area (Å²) in [5, 5.41) is 0. The van der Waals surface area contributed by atoms with Crippen LogP contribution in [0.15, 0.2) is 6.20 Å². The maximum atomic E-state index is 5.86. The van der Waals surface area contributed by atoms with Crippen LogP contribution in [-0.2, 0) is 11.3 Å². The van der Waals surface area contributed by atoms with Crippen LogP contribution in [0.1, 0.15) is 45.1 Å². The lowest BCUT2D eigenvalue weighted by molar-refractivity contribution is 0.0342. The normalized spacial score (nSPS) is 24.0. The molecule has 1 saturated heterocycles. The van der Waals surface area contributed by atoms with Crippen LogP contribution in [0.3, 0.4) is 0 Å². The first-order chi connectivity index (χ1) is 9.02. The first-order valence-electron chi connectivity index (χ1n) is 6.97. The van der Waals surface area contributed by atoms with Gasteiger partial charge in [0.2, 0.25) is 0 Å². The Hall–Kier alpha value is -1.20. The zero-order valence-electron chi connectivity index (χ0n) is 12.3. The van der Waals surface area contributed by atoms with E-state index in [4.69, 9.17) is 10.5 Å². The first kappa shape index (κ1) is 14.2. The van der Waals surface area contributed by atoms with Crippen LogP contribution in [-0.4, -0.2) is 35.3 Å². The Kier molecular flexibility index (Phi) is 4.37. The standard InChI is InChI=1S/C14H24N4O/c1-9(2)14-16-6-13(12(5-15)17-14)18-7-11(4)19-8-10(18)3/h6,9-11H,5,7-8,15H2,1-4H3. The molecule has 1 aromatic rings. The van der Waals surface area contributed by atoms with Crippen molar-refractivity contribution < 1.29 is 4.74 Å². The predicted molar refractivity (Wildman–Crippen MR) is 76.2 cm³/mol. The number of aromatic nitrogens is 2. The molecule has 1 fully saturated rings. The van der Waals surface area contributed by atoms with Gasteiger partial charge in [-0.3, -0.25) is 0 Å². The van der Waals surface area contributed by atoms with E-state index in [2.05, 4.69) is 42.6 Å².